The van der Waals surface area contributed by atoms with E-state index in [2.05, 4.69) is 6.58 Å². The molecule has 0 aromatic carbocycles. The van der Waals surface area contributed by atoms with Crippen molar-refractivity contribution in [3.63, 3.8) is 0 Å². The zero-order chi connectivity index (χ0) is 7.82. The minimum absolute atomic E-state index is 0.167. The van der Waals surface area contributed by atoms with Crippen LogP contribution in [0.2, 0.25) is 0 Å². The Morgan fingerprint density at radius 2 is 2.30 bits per heavy atom. The SMILES string of the molecule is C=CCCC/C(C)=C\CO. The van der Waals surface area contributed by atoms with Gasteiger partial charge in [-0.05, 0) is 26.2 Å². The summed E-state index contributed by atoms with van der Waals surface area (Å²) in [6.07, 6.45) is 7.06. The minimum Gasteiger partial charge on any atom is -0.392 e. The molecule has 0 aromatic rings. The number of aliphatic hydroxyl groups excluding tert-OH is 1. The Bertz CT molecular complexity index is 114. The van der Waals surface area contributed by atoms with Gasteiger partial charge in [0.2, 0.25) is 0 Å². The molecule has 0 bridgehead atoms. The summed E-state index contributed by atoms with van der Waals surface area (Å²) in [5.41, 5.74) is 1.27. The van der Waals surface area contributed by atoms with Gasteiger partial charge in [-0.2, -0.15) is 0 Å². The molecule has 0 spiro atoms. The lowest BCUT2D eigenvalue weighted by Crippen LogP contribution is -1.80. The van der Waals surface area contributed by atoms with Crippen molar-refractivity contribution in [2.75, 3.05) is 6.61 Å². The van der Waals surface area contributed by atoms with Crippen LogP contribution in [0, 0.1) is 0 Å². The lowest BCUT2D eigenvalue weighted by molar-refractivity contribution is 0.341. The Morgan fingerprint density at radius 3 is 2.80 bits per heavy atom. The highest BCUT2D eigenvalue weighted by Crippen LogP contribution is 2.05. The van der Waals surface area contributed by atoms with Gasteiger partial charge in [0.05, 0.1) is 6.61 Å². The van der Waals surface area contributed by atoms with Gasteiger partial charge >= 0.3 is 0 Å². The summed E-state index contributed by atoms with van der Waals surface area (Å²) in [6, 6.07) is 0. The van der Waals surface area contributed by atoms with Crippen molar-refractivity contribution in [1.29, 1.82) is 0 Å². The third kappa shape index (κ3) is 5.57. The Hall–Kier alpha value is -0.560. The summed E-state index contributed by atoms with van der Waals surface area (Å²) in [5, 5.41) is 8.50. The molecule has 0 aromatic heterocycles. The lowest BCUT2D eigenvalue weighted by Gasteiger charge is -1.96. The topological polar surface area (TPSA) is 20.2 Å². The Kier molecular flexibility index (Phi) is 6.19. The van der Waals surface area contributed by atoms with E-state index < -0.39 is 0 Å². The Morgan fingerprint density at radius 1 is 1.60 bits per heavy atom. The van der Waals surface area contributed by atoms with E-state index in [0.29, 0.717) is 0 Å². The molecule has 0 saturated heterocycles. The van der Waals surface area contributed by atoms with E-state index in [1.165, 1.54) is 5.57 Å². The molecule has 0 unspecified atom stereocenters. The average Bonchev–Trinajstić information content (AvgIpc) is 1.89. The van der Waals surface area contributed by atoms with Crippen LogP contribution in [0.25, 0.3) is 0 Å². The van der Waals surface area contributed by atoms with Crippen molar-refractivity contribution in [3.05, 3.63) is 24.3 Å². The maximum Gasteiger partial charge on any atom is 0.0614 e. The summed E-state index contributed by atoms with van der Waals surface area (Å²) in [4.78, 5) is 0. The van der Waals surface area contributed by atoms with Gasteiger partial charge in [-0.15, -0.1) is 6.58 Å². The number of hydrogen-bond acceptors (Lipinski definition) is 1. The highest BCUT2D eigenvalue weighted by atomic mass is 16.2. The van der Waals surface area contributed by atoms with Crippen molar-refractivity contribution < 1.29 is 5.11 Å². The molecule has 10 heavy (non-hydrogen) atoms. The predicted octanol–water partition coefficient (Wildman–Crippen LogP) is 2.28. The van der Waals surface area contributed by atoms with E-state index in [4.69, 9.17) is 5.11 Å². The zero-order valence-corrected chi connectivity index (χ0v) is 6.64. The van der Waals surface area contributed by atoms with Crippen LogP contribution in [-0.4, -0.2) is 11.7 Å². The molecular formula is C9H16O. The molecule has 0 amide bonds. The molecule has 0 aliphatic rings. The molecule has 0 aliphatic heterocycles. The van der Waals surface area contributed by atoms with Gasteiger partial charge < -0.3 is 5.11 Å². The largest absolute Gasteiger partial charge is 0.392 e. The predicted molar refractivity (Wildman–Crippen MR) is 44.9 cm³/mol. The Balaban J connectivity index is 3.29. The second-order valence-corrected chi connectivity index (χ2v) is 2.41. The maximum absolute atomic E-state index is 8.50. The van der Waals surface area contributed by atoms with E-state index in [1.54, 1.807) is 0 Å². The van der Waals surface area contributed by atoms with Crippen LogP contribution < -0.4 is 0 Å². The normalized spacial score (nSPS) is 11.6. The fourth-order valence-electron chi connectivity index (χ4n) is 0.783. The number of aliphatic hydroxyl groups is 1. The molecule has 0 radical (unpaired) electrons. The van der Waals surface area contributed by atoms with Crippen molar-refractivity contribution in [2.45, 2.75) is 26.2 Å². The van der Waals surface area contributed by atoms with Crippen LogP contribution in [0.3, 0.4) is 0 Å². The van der Waals surface area contributed by atoms with Crippen LogP contribution in [0.4, 0.5) is 0 Å². The highest BCUT2D eigenvalue weighted by molar-refractivity contribution is 4.97. The molecule has 1 N–H and O–H groups in total. The third-order valence-electron chi connectivity index (χ3n) is 1.42. The van der Waals surface area contributed by atoms with Gasteiger partial charge in [0.25, 0.3) is 0 Å². The zero-order valence-electron chi connectivity index (χ0n) is 6.64. The van der Waals surface area contributed by atoms with E-state index >= 15 is 0 Å². The number of allylic oxidation sites excluding steroid dienone is 2. The van der Waals surface area contributed by atoms with Gasteiger partial charge in [0.15, 0.2) is 0 Å². The van der Waals surface area contributed by atoms with Crippen LogP contribution in [0.1, 0.15) is 26.2 Å². The van der Waals surface area contributed by atoms with Gasteiger partial charge in [-0.1, -0.05) is 17.7 Å². The first-order chi connectivity index (χ1) is 4.81. The van der Waals surface area contributed by atoms with Crippen LogP contribution in [0.15, 0.2) is 24.3 Å². The van der Waals surface area contributed by atoms with E-state index in [1.807, 2.05) is 19.1 Å². The second kappa shape index (κ2) is 6.56. The molecule has 0 heterocycles. The first kappa shape index (κ1) is 9.44. The molecule has 0 saturated carbocycles. The van der Waals surface area contributed by atoms with Gasteiger partial charge in [-0.3, -0.25) is 0 Å². The molecule has 58 valence electrons. The quantitative estimate of drug-likeness (QED) is 0.459. The summed E-state index contributed by atoms with van der Waals surface area (Å²) in [5.74, 6) is 0. The standard InChI is InChI=1S/C9H16O/c1-3-4-5-6-9(2)7-8-10/h3,7,10H,1,4-6,8H2,2H3/b9-7-. The summed E-state index contributed by atoms with van der Waals surface area (Å²) in [7, 11) is 0. The number of unbranched alkanes of at least 4 members (excludes halogenated alkanes) is 1. The smallest absolute Gasteiger partial charge is 0.0614 e. The Labute approximate surface area is 63.1 Å². The summed E-state index contributed by atoms with van der Waals surface area (Å²) in [6.45, 7) is 5.84. The molecule has 0 aliphatic carbocycles. The van der Waals surface area contributed by atoms with Gasteiger partial charge in [0.1, 0.15) is 0 Å². The van der Waals surface area contributed by atoms with Crippen molar-refractivity contribution >= 4 is 0 Å². The van der Waals surface area contributed by atoms with Crippen LogP contribution in [0.5, 0.6) is 0 Å². The van der Waals surface area contributed by atoms with Crippen molar-refractivity contribution in [3.8, 4) is 0 Å². The fraction of sp³-hybridized carbons (Fsp3) is 0.556. The fourth-order valence-corrected chi connectivity index (χ4v) is 0.783. The van der Waals surface area contributed by atoms with Gasteiger partial charge in [0, 0.05) is 0 Å². The first-order valence-electron chi connectivity index (χ1n) is 3.68. The maximum atomic E-state index is 8.50. The van der Waals surface area contributed by atoms with Crippen LogP contribution >= 0.6 is 0 Å². The molecule has 0 fully saturated rings. The summed E-state index contributed by atoms with van der Waals surface area (Å²) >= 11 is 0. The number of hydrogen-bond donors (Lipinski definition) is 1. The third-order valence-corrected chi connectivity index (χ3v) is 1.42. The van der Waals surface area contributed by atoms with Gasteiger partial charge in [-0.25, -0.2) is 0 Å². The molecule has 0 atom stereocenters. The molecule has 0 rings (SSSR count). The van der Waals surface area contributed by atoms with Crippen molar-refractivity contribution in [2.24, 2.45) is 0 Å². The first-order valence-corrected chi connectivity index (χ1v) is 3.68. The van der Waals surface area contributed by atoms with Crippen molar-refractivity contribution in [1.82, 2.24) is 0 Å². The highest BCUT2D eigenvalue weighted by Gasteiger charge is 1.86. The second-order valence-electron chi connectivity index (χ2n) is 2.41. The molecular weight excluding hydrogens is 124 g/mol. The molecule has 1 nitrogen and oxygen atoms in total. The van der Waals surface area contributed by atoms with E-state index in [9.17, 15) is 0 Å². The minimum atomic E-state index is 0.167. The summed E-state index contributed by atoms with van der Waals surface area (Å²) < 4.78 is 0. The monoisotopic (exact) mass is 140 g/mol. The van der Waals surface area contributed by atoms with E-state index in [0.717, 1.165) is 19.3 Å². The van der Waals surface area contributed by atoms with Crippen LogP contribution in [-0.2, 0) is 0 Å². The average molecular weight is 140 g/mol. The number of rotatable bonds is 5. The van der Waals surface area contributed by atoms with E-state index in [-0.39, 0.29) is 6.61 Å². The lowest BCUT2D eigenvalue weighted by atomic mass is 10.1. The molecule has 1 heteroatoms.